The minimum atomic E-state index is -0.685. The van der Waals surface area contributed by atoms with Gasteiger partial charge in [0.1, 0.15) is 35.3 Å². The lowest BCUT2D eigenvalue weighted by Gasteiger charge is -2.59. The molecule has 2 aromatic heterocycles. The number of nitrogens with zero attached hydrogens (tertiary/aromatic N) is 5. The quantitative estimate of drug-likeness (QED) is 0.236. The van der Waals surface area contributed by atoms with E-state index in [2.05, 4.69) is 57.0 Å². The van der Waals surface area contributed by atoms with Gasteiger partial charge in [-0.3, -0.25) is 9.88 Å². The Balaban J connectivity index is 0.997. The van der Waals surface area contributed by atoms with Gasteiger partial charge >= 0.3 is 5.97 Å². The minimum absolute atomic E-state index is 0.00262. The lowest BCUT2D eigenvalue weighted by Crippen LogP contribution is -2.65. The second-order valence-electron chi connectivity index (χ2n) is 12.0. The van der Waals surface area contributed by atoms with E-state index >= 15 is 0 Å². The molecule has 44 heavy (non-hydrogen) atoms. The first kappa shape index (κ1) is 28.2. The largest absolute Gasteiger partial charge is 0.490 e. The zero-order chi connectivity index (χ0) is 30.3. The third-order valence-corrected chi connectivity index (χ3v) is 9.06. The number of hydrogen-bond donors (Lipinski definition) is 0. The zero-order valence-electron chi connectivity index (χ0n) is 24.8. The average molecular weight is 596 g/mol. The summed E-state index contributed by atoms with van der Waals surface area (Å²) in [5.41, 5.74) is 3.80. The van der Waals surface area contributed by atoms with Crippen LogP contribution in [0.1, 0.15) is 53.0 Å². The topological polar surface area (TPSA) is 89.9 Å². The van der Waals surface area contributed by atoms with Crippen molar-refractivity contribution >= 4 is 11.8 Å². The van der Waals surface area contributed by atoms with Gasteiger partial charge in [-0.15, -0.1) is 0 Å². The van der Waals surface area contributed by atoms with Crippen LogP contribution >= 0.6 is 0 Å². The van der Waals surface area contributed by atoms with Crippen LogP contribution in [0.15, 0.2) is 73.3 Å². The molecule has 2 aromatic carbocycles. The fourth-order valence-electron chi connectivity index (χ4n) is 6.84. The number of anilines is 1. The summed E-state index contributed by atoms with van der Waals surface area (Å²) in [5.74, 6) is 0.909. The van der Waals surface area contributed by atoms with Gasteiger partial charge in [0, 0.05) is 55.8 Å². The Labute approximate surface area is 255 Å². The number of rotatable bonds is 8. The normalized spacial score (nSPS) is 19.1. The number of methoxy groups -OCH3 is 1. The second kappa shape index (κ2) is 11.5. The highest BCUT2D eigenvalue weighted by Crippen LogP contribution is 2.52. The molecular formula is C34H34FN5O4. The summed E-state index contributed by atoms with van der Waals surface area (Å²) < 4.78 is 31.3. The summed E-state index contributed by atoms with van der Waals surface area (Å²) in [4.78, 5) is 30.1. The van der Waals surface area contributed by atoms with Gasteiger partial charge in [-0.2, -0.15) is 0 Å². The van der Waals surface area contributed by atoms with Crippen molar-refractivity contribution in [1.29, 1.82) is 0 Å². The molecular weight excluding hydrogens is 561 g/mol. The summed E-state index contributed by atoms with van der Waals surface area (Å²) in [6.45, 7) is 5.75. The van der Waals surface area contributed by atoms with Crippen molar-refractivity contribution < 1.29 is 23.4 Å². The van der Waals surface area contributed by atoms with Gasteiger partial charge in [-0.25, -0.2) is 19.2 Å². The lowest BCUT2D eigenvalue weighted by molar-refractivity contribution is -0.0356. The molecule has 226 valence electrons. The number of fused-ring (bicyclic) bond motifs is 1. The Hall–Kier alpha value is -4.57. The molecule has 2 aliphatic heterocycles. The first-order valence-corrected chi connectivity index (χ1v) is 14.9. The SMILES string of the molecule is COC(=O)c1cc(F)ccc1Oc1cncnc1N1CC2(CC(Oc3ccnc4c3C(C)N(Cc3ccccc3)CC4)C2)C1. The molecule has 0 N–H and O–H groups in total. The average Bonchev–Trinajstić information content (AvgIpc) is 3.00. The molecule has 0 amide bonds. The van der Waals surface area contributed by atoms with E-state index in [1.807, 2.05) is 12.3 Å². The summed E-state index contributed by atoms with van der Waals surface area (Å²) >= 11 is 0. The van der Waals surface area contributed by atoms with E-state index in [1.54, 1.807) is 6.20 Å². The van der Waals surface area contributed by atoms with Crippen LogP contribution in [-0.4, -0.2) is 58.7 Å². The fraction of sp³-hybridized carbons (Fsp3) is 0.353. The monoisotopic (exact) mass is 595 g/mol. The Morgan fingerprint density at radius 2 is 1.86 bits per heavy atom. The summed E-state index contributed by atoms with van der Waals surface area (Å²) in [7, 11) is 1.24. The Kier molecular flexibility index (Phi) is 7.37. The molecule has 1 saturated carbocycles. The van der Waals surface area contributed by atoms with Gasteiger partial charge in [-0.05, 0) is 49.6 Å². The first-order chi connectivity index (χ1) is 21.4. The van der Waals surface area contributed by atoms with Crippen molar-refractivity contribution in [2.24, 2.45) is 5.41 Å². The number of hydrogen-bond acceptors (Lipinski definition) is 9. The van der Waals surface area contributed by atoms with Crippen LogP contribution in [0.25, 0.3) is 0 Å². The molecule has 10 heteroatoms. The molecule has 1 aliphatic carbocycles. The van der Waals surface area contributed by atoms with Crippen LogP contribution in [0.3, 0.4) is 0 Å². The molecule has 9 nitrogen and oxygen atoms in total. The van der Waals surface area contributed by atoms with Crippen molar-refractivity contribution in [3.05, 3.63) is 102 Å². The van der Waals surface area contributed by atoms with Crippen LogP contribution in [0.4, 0.5) is 10.2 Å². The third-order valence-electron chi connectivity index (χ3n) is 9.06. The van der Waals surface area contributed by atoms with Crippen LogP contribution in [0.5, 0.6) is 17.2 Å². The highest BCUT2D eigenvalue weighted by atomic mass is 19.1. The van der Waals surface area contributed by atoms with Crippen molar-refractivity contribution in [3.8, 4) is 17.2 Å². The first-order valence-electron chi connectivity index (χ1n) is 14.9. The van der Waals surface area contributed by atoms with E-state index in [0.29, 0.717) is 11.6 Å². The van der Waals surface area contributed by atoms with Gasteiger partial charge in [0.05, 0.1) is 19.0 Å². The summed E-state index contributed by atoms with van der Waals surface area (Å²) in [6, 6.07) is 16.6. The van der Waals surface area contributed by atoms with Crippen molar-refractivity contribution in [1.82, 2.24) is 19.9 Å². The molecule has 1 unspecified atom stereocenters. The van der Waals surface area contributed by atoms with Crippen LogP contribution in [-0.2, 0) is 17.7 Å². The molecule has 1 atom stereocenters. The number of aromatic nitrogens is 3. The minimum Gasteiger partial charge on any atom is -0.490 e. The molecule has 0 bridgehead atoms. The molecule has 4 heterocycles. The maximum Gasteiger partial charge on any atom is 0.341 e. The number of esters is 1. The van der Waals surface area contributed by atoms with Gasteiger partial charge in [-0.1, -0.05) is 30.3 Å². The third kappa shape index (κ3) is 5.34. The molecule has 7 rings (SSSR count). The molecule has 0 radical (unpaired) electrons. The fourth-order valence-corrected chi connectivity index (χ4v) is 6.84. The summed E-state index contributed by atoms with van der Waals surface area (Å²) in [6.07, 6.45) is 7.86. The maximum atomic E-state index is 13.8. The van der Waals surface area contributed by atoms with Gasteiger partial charge < -0.3 is 19.1 Å². The maximum absolute atomic E-state index is 13.8. The van der Waals surface area contributed by atoms with Gasteiger partial charge in [0.2, 0.25) is 0 Å². The van der Waals surface area contributed by atoms with Crippen LogP contribution < -0.4 is 14.4 Å². The molecule has 2 fully saturated rings. The van der Waals surface area contributed by atoms with Crippen molar-refractivity contribution in [2.45, 2.75) is 44.9 Å². The molecule has 1 spiro atoms. The van der Waals surface area contributed by atoms with Gasteiger partial charge in [0.15, 0.2) is 11.6 Å². The second-order valence-corrected chi connectivity index (χ2v) is 12.0. The number of carbonyl (C=O) groups excluding carboxylic acids is 1. The van der Waals surface area contributed by atoms with Crippen molar-refractivity contribution in [3.63, 3.8) is 0 Å². The molecule has 1 saturated heterocycles. The summed E-state index contributed by atoms with van der Waals surface area (Å²) in [5, 5.41) is 0. The van der Waals surface area contributed by atoms with Crippen LogP contribution in [0, 0.1) is 11.2 Å². The van der Waals surface area contributed by atoms with E-state index < -0.39 is 11.8 Å². The van der Waals surface area contributed by atoms with E-state index in [-0.39, 0.29) is 28.9 Å². The van der Waals surface area contributed by atoms with Gasteiger partial charge in [0.25, 0.3) is 0 Å². The van der Waals surface area contributed by atoms with Crippen molar-refractivity contribution in [2.75, 3.05) is 31.6 Å². The number of ether oxygens (including phenoxy) is 3. The molecule has 3 aliphatic rings. The Morgan fingerprint density at radius 3 is 2.66 bits per heavy atom. The van der Waals surface area contributed by atoms with Crippen LogP contribution in [0.2, 0.25) is 0 Å². The smallest absolute Gasteiger partial charge is 0.341 e. The number of pyridine rings is 1. The Morgan fingerprint density at radius 1 is 1.05 bits per heavy atom. The zero-order valence-corrected chi connectivity index (χ0v) is 24.8. The predicted octanol–water partition coefficient (Wildman–Crippen LogP) is 5.76. The number of halogens is 1. The van der Waals surface area contributed by atoms with E-state index in [1.165, 1.54) is 36.7 Å². The van der Waals surface area contributed by atoms with E-state index in [4.69, 9.17) is 19.2 Å². The lowest BCUT2D eigenvalue weighted by atomic mass is 9.61. The number of benzene rings is 2. The standard InChI is InChI=1S/C34H34FN5O4/c1-22-31-27(11-13-39(22)18-23-6-4-3-5-7-23)37-12-10-29(31)43-25-15-34(16-25)19-40(20-34)32-30(17-36-21-38-32)44-28-9-8-24(35)14-26(28)33(41)42-2/h3-10,12,14,17,21-22,25H,11,13,15-16,18-20H2,1-2H3. The highest BCUT2D eigenvalue weighted by molar-refractivity contribution is 5.92. The number of carbonyl (C=O) groups is 1. The predicted molar refractivity (Wildman–Crippen MR) is 161 cm³/mol. The van der Waals surface area contributed by atoms with E-state index in [0.717, 1.165) is 63.0 Å². The molecule has 4 aromatic rings. The Bertz CT molecular complexity index is 1670. The highest BCUT2D eigenvalue weighted by Gasteiger charge is 2.54. The van der Waals surface area contributed by atoms with E-state index in [9.17, 15) is 9.18 Å².